The monoisotopic (exact) mass is 387 g/mol. The molecule has 0 aliphatic heterocycles. The van der Waals surface area contributed by atoms with E-state index >= 15 is 0 Å². The molecule has 8 nitrogen and oxygen atoms in total. The number of aliphatic carboxylic acids is 1. The van der Waals surface area contributed by atoms with Crippen LogP contribution < -0.4 is 11.1 Å². The fourth-order valence-electron chi connectivity index (χ4n) is 3.33. The number of hydrogen-bond acceptors (Lipinski definition) is 5. The summed E-state index contributed by atoms with van der Waals surface area (Å²) in [5, 5.41) is 12.2. The van der Waals surface area contributed by atoms with Crippen molar-refractivity contribution >= 4 is 34.8 Å². The summed E-state index contributed by atoms with van der Waals surface area (Å²) < 4.78 is 1.75. The molecule has 8 heteroatoms. The summed E-state index contributed by atoms with van der Waals surface area (Å²) in [5.41, 5.74) is 7.37. The van der Waals surface area contributed by atoms with Crippen molar-refractivity contribution in [1.29, 1.82) is 0 Å². The molecule has 0 saturated carbocycles. The van der Waals surface area contributed by atoms with Gasteiger partial charge in [-0.1, -0.05) is 32.0 Å². The number of hydrogen-bond donors (Lipinski definition) is 3. The van der Waals surface area contributed by atoms with Crippen LogP contribution in [0.2, 0.25) is 0 Å². The number of Topliss-reactive ketones (excluding diaryl/α,β-unsaturated/α-hetero) is 1. The van der Waals surface area contributed by atoms with E-state index in [0.717, 1.165) is 10.9 Å². The molecule has 2 aromatic rings. The molecule has 0 aliphatic rings. The summed E-state index contributed by atoms with van der Waals surface area (Å²) >= 11 is 0. The van der Waals surface area contributed by atoms with Crippen LogP contribution in [0.5, 0.6) is 0 Å². The largest absolute Gasteiger partial charge is 0.480 e. The van der Waals surface area contributed by atoms with Gasteiger partial charge in [0.05, 0.1) is 17.7 Å². The van der Waals surface area contributed by atoms with E-state index in [9.17, 15) is 19.2 Å². The Morgan fingerprint density at radius 1 is 1.25 bits per heavy atom. The summed E-state index contributed by atoms with van der Waals surface area (Å²) in [5.74, 6) is -3.53. The van der Waals surface area contributed by atoms with Crippen LogP contribution in [0.25, 0.3) is 10.9 Å². The summed E-state index contributed by atoms with van der Waals surface area (Å²) in [4.78, 5) is 47.5. The number of nitrogens with two attached hydrogens (primary N) is 1. The second kappa shape index (κ2) is 8.79. The number of amides is 1. The molecule has 28 heavy (non-hydrogen) atoms. The van der Waals surface area contributed by atoms with Crippen molar-refractivity contribution in [3.05, 3.63) is 36.0 Å². The zero-order valence-electron chi connectivity index (χ0n) is 16.1. The maximum Gasteiger partial charge on any atom is 0.326 e. The predicted molar refractivity (Wildman–Crippen MR) is 104 cm³/mol. The number of nitrogens with one attached hydrogen (secondary N) is 1. The second-order valence-electron chi connectivity index (χ2n) is 7.11. The zero-order chi connectivity index (χ0) is 21.0. The van der Waals surface area contributed by atoms with Gasteiger partial charge in [0.1, 0.15) is 12.3 Å². The van der Waals surface area contributed by atoms with Crippen molar-refractivity contribution in [2.75, 3.05) is 0 Å². The number of benzene rings is 1. The van der Waals surface area contributed by atoms with Gasteiger partial charge in [-0.25, -0.2) is 4.79 Å². The molecule has 1 heterocycles. The van der Waals surface area contributed by atoms with Crippen LogP contribution in [0.1, 0.15) is 30.8 Å². The Morgan fingerprint density at radius 2 is 1.89 bits per heavy atom. The molecule has 1 aromatic carbocycles. The van der Waals surface area contributed by atoms with E-state index in [0.29, 0.717) is 12.0 Å². The maximum absolute atomic E-state index is 13.2. The fourth-order valence-corrected chi connectivity index (χ4v) is 3.33. The number of ketones is 1. The zero-order valence-corrected chi connectivity index (χ0v) is 16.1. The molecule has 4 N–H and O–H groups in total. The number of nitrogens with zero attached hydrogens (tertiary/aromatic N) is 1. The first-order valence-electron chi connectivity index (χ1n) is 9.00. The highest BCUT2D eigenvalue weighted by Gasteiger charge is 2.36. The average Bonchev–Trinajstić information content (AvgIpc) is 2.98. The number of rotatable bonds is 9. The van der Waals surface area contributed by atoms with Crippen molar-refractivity contribution in [1.82, 2.24) is 9.88 Å². The number of carboxylic acids is 1. The smallest absolute Gasteiger partial charge is 0.326 e. The lowest BCUT2D eigenvalue weighted by atomic mass is 9.83. The number of carbonyl (C=O) groups is 4. The number of carbonyl (C=O) groups excluding carboxylic acids is 3. The number of carboxylic acid groups (broad SMARTS) is 1. The molecule has 0 fully saturated rings. The van der Waals surface area contributed by atoms with Crippen LogP contribution in [0.4, 0.5) is 0 Å². The molecule has 0 radical (unpaired) electrons. The minimum atomic E-state index is -1.38. The summed E-state index contributed by atoms with van der Waals surface area (Å²) in [7, 11) is 1.77. The molecule has 0 saturated heterocycles. The van der Waals surface area contributed by atoms with Gasteiger partial charge >= 0.3 is 5.97 Å². The highest BCUT2D eigenvalue weighted by molar-refractivity contribution is 6.04. The van der Waals surface area contributed by atoms with E-state index in [1.165, 1.54) is 0 Å². The third-order valence-electron chi connectivity index (χ3n) is 4.86. The van der Waals surface area contributed by atoms with Crippen LogP contribution >= 0.6 is 0 Å². The Kier molecular flexibility index (Phi) is 6.69. The fraction of sp³-hybridized carbons (Fsp3) is 0.400. The SMILES string of the molecule is CC(C)[C@H](C(=O)c1cc2ccccc2n1C)C(N)C(=O)NC(CC=O)C(=O)O. The molecule has 1 aromatic heterocycles. The summed E-state index contributed by atoms with van der Waals surface area (Å²) in [6.07, 6.45) is 0.0302. The lowest BCUT2D eigenvalue weighted by molar-refractivity contribution is -0.143. The number of para-hydroxylation sites is 1. The van der Waals surface area contributed by atoms with Gasteiger partial charge in [-0.05, 0) is 18.1 Å². The van der Waals surface area contributed by atoms with Gasteiger partial charge in [-0.15, -0.1) is 0 Å². The number of aldehydes is 1. The Hall–Kier alpha value is -3.00. The van der Waals surface area contributed by atoms with Crippen LogP contribution in [-0.4, -0.2) is 45.7 Å². The van der Waals surface area contributed by atoms with Crippen molar-refractivity contribution in [3.63, 3.8) is 0 Å². The van der Waals surface area contributed by atoms with Gasteiger partial charge < -0.3 is 25.5 Å². The van der Waals surface area contributed by atoms with Gasteiger partial charge in [0, 0.05) is 24.4 Å². The lowest BCUT2D eigenvalue weighted by Gasteiger charge is -2.26. The molecule has 0 bridgehead atoms. The molecular formula is C20H25N3O5. The molecule has 0 spiro atoms. The van der Waals surface area contributed by atoms with Crippen molar-refractivity contribution in [2.45, 2.75) is 32.4 Å². The van der Waals surface area contributed by atoms with E-state index in [1.54, 1.807) is 31.5 Å². The van der Waals surface area contributed by atoms with Crippen LogP contribution in [0.15, 0.2) is 30.3 Å². The first-order valence-corrected chi connectivity index (χ1v) is 9.00. The first-order chi connectivity index (χ1) is 13.2. The Morgan fingerprint density at radius 3 is 2.43 bits per heavy atom. The third kappa shape index (κ3) is 4.28. The molecular weight excluding hydrogens is 362 g/mol. The average molecular weight is 387 g/mol. The van der Waals surface area contributed by atoms with E-state index in [2.05, 4.69) is 5.32 Å². The Balaban J connectivity index is 2.31. The second-order valence-corrected chi connectivity index (χ2v) is 7.11. The van der Waals surface area contributed by atoms with Crippen LogP contribution in [0.3, 0.4) is 0 Å². The van der Waals surface area contributed by atoms with Crippen molar-refractivity contribution in [3.8, 4) is 0 Å². The van der Waals surface area contributed by atoms with Gasteiger partial charge in [0.15, 0.2) is 5.78 Å². The van der Waals surface area contributed by atoms with Gasteiger partial charge in [0.2, 0.25) is 5.91 Å². The molecule has 0 aliphatic carbocycles. The normalized spacial score (nSPS) is 14.5. The Bertz CT molecular complexity index is 902. The molecule has 2 rings (SSSR count). The number of fused-ring (bicyclic) bond motifs is 1. The van der Waals surface area contributed by atoms with E-state index < -0.39 is 29.9 Å². The van der Waals surface area contributed by atoms with Crippen LogP contribution in [-0.2, 0) is 21.4 Å². The van der Waals surface area contributed by atoms with E-state index in [1.807, 2.05) is 24.3 Å². The van der Waals surface area contributed by atoms with Gasteiger partial charge in [-0.2, -0.15) is 0 Å². The molecule has 150 valence electrons. The molecule has 3 atom stereocenters. The summed E-state index contributed by atoms with van der Waals surface area (Å²) in [6.45, 7) is 3.55. The quantitative estimate of drug-likeness (QED) is 0.436. The lowest BCUT2D eigenvalue weighted by Crippen LogP contribution is -2.54. The first kappa shape index (κ1) is 21.3. The maximum atomic E-state index is 13.2. The minimum Gasteiger partial charge on any atom is -0.480 e. The van der Waals surface area contributed by atoms with Gasteiger partial charge in [0.25, 0.3) is 0 Å². The topological polar surface area (TPSA) is 131 Å². The van der Waals surface area contributed by atoms with Crippen molar-refractivity contribution in [2.24, 2.45) is 24.6 Å². The number of aryl methyl sites for hydroxylation is 1. The molecule has 2 unspecified atom stereocenters. The van der Waals surface area contributed by atoms with Crippen molar-refractivity contribution < 1.29 is 24.3 Å². The van der Waals surface area contributed by atoms with E-state index in [-0.39, 0.29) is 18.1 Å². The number of aromatic nitrogens is 1. The third-order valence-corrected chi connectivity index (χ3v) is 4.86. The van der Waals surface area contributed by atoms with Gasteiger partial charge in [-0.3, -0.25) is 9.59 Å². The molecule has 1 amide bonds. The Labute approximate surface area is 162 Å². The standard InChI is InChI=1S/C20H25N3O5/c1-11(2)16(17(21)19(26)22-13(8-9-24)20(27)28)18(25)15-10-12-6-4-5-7-14(12)23(15)3/h4-7,9-11,13,16-17H,8,21H2,1-3H3,(H,22,26)(H,27,28)/t13?,16-,17?/m0/s1. The van der Waals surface area contributed by atoms with Crippen LogP contribution in [0, 0.1) is 11.8 Å². The highest BCUT2D eigenvalue weighted by Crippen LogP contribution is 2.25. The predicted octanol–water partition coefficient (Wildman–Crippen LogP) is 1.12. The highest BCUT2D eigenvalue weighted by atomic mass is 16.4. The minimum absolute atomic E-state index is 0.263. The summed E-state index contributed by atoms with van der Waals surface area (Å²) in [6, 6.07) is 6.64. The van der Waals surface area contributed by atoms with E-state index in [4.69, 9.17) is 10.8 Å².